The Morgan fingerprint density at radius 2 is 1.22 bits per heavy atom. The number of ether oxygens (including phenoxy) is 4. The quantitative estimate of drug-likeness (QED) is 0.0731. The van der Waals surface area contributed by atoms with Crippen LogP contribution in [-0.2, 0) is 47.7 Å². The predicted octanol–water partition coefficient (Wildman–Crippen LogP) is -1.67. The molecule has 0 radical (unpaired) electrons. The molecule has 0 heterocycles. The smallest absolute Gasteiger partial charge is 0.326 e. The lowest BCUT2D eigenvalue weighted by atomic mass is 10.1. The van der Waals surface area contributed by atoms with Gasteiger partial charge in [-0.1, -0.05) is 7.43 Å². The van der Waals surface area contributed by atoms with E-state index in [1.807, 2.05) is 5.32 Å². The van der Waals surface area contributed by atoms with Crippen LogP contribution in [-0.4, -0.2) is 118 Å². The lowest BCUT2D eigenvalue weighted by molar-refractivity contribution is -0.145. The highest BCUT2D eigenvalue weighted by molar-refractivity contribution is 5.95. The zero-order chi connectivity index (χ0) is 27.2. The third kappa shape index (κ3) is 24.3. The zero-order valence-corrected chi connectivity index (χ0v) is 20.2. The topological polar surface area (TPSA) is 216 Å². The summed E-state index contributed by atoms with van der Waals surface area (Å²) in [6.07, 6.45) is -1.26. The minimum atomic E-state index is -1.39. The van der Waals surface area contributed by atoms with Crippen molar-refractivity contribution in [1.29, 1.82) is 0 Å². The standard InChI is InChI=1S/C21H35N3O12.CH4/c1-15(25)13-35-10-8-34-7-5-23-19(28)14-36-11-9-33-6-4-22-17(26)3-2-16(21(31)32)24-18(27)12-20(29)30;/h16H,2-14H2,1H3,(H,22,26)(H,23,28)(H,24,27)(H,29,30)(H,31,32);1H4/t16-;/m1./s1. The number of Topliss-reactive ketones (excluding diaryl/α,β-unsaturated/α-hetero) is 1. The second-order valence-electron chi connectivity index (χ2n) is 7.30. The summed E-state index contributed by atoms with van der Waals surface area (Å²) in [5.41, 5.74) is 0. The maximum atomic E-state index is 11.8. The first kappa shape index (κ1) is 36.0. The van der Waals surface area contributed by atoms with Crippen LogP contribution in [0.4, 0.5) is 0 Å². The van der Waals surface area contributed by atoms with Gasteiger partial charge in [0.1, 0.15) is 25.7 Å². The fourth-order valence-corrected chi connectivity index (χ4v) is 2.40. The third-order valence-electron chi connectivity index (χ3n) is 4.02. The average Bonchev–Trinajstić information content (AvgIpc) is 2.79. The van der Waals surface area contributed by atoms with Gasteiger partial charge < -0.3 is 45.1 Å². The van der Waals surface area contributed by atoms with E-state index in [1.165, 1.54) is 6.92 Å². The van der Waals surface area contributed by atoms with Crippen LogP contribution in [0.15, 0.2) is 0 Å². The molecular formula is C22H39N3O12. The molecule has 0 aliphatic heterocycles. The molecule has 0 aromatic rings. The Morgan fingerprint density at radius 1 is 0.703 bits per heavy atom. The van der Waals surface area contributed by atoms with Crippen molar-refractivity contribution in [3.8, 4) is 0 Å². The molecule has 0 saturated heterocycles. The molecule has 0 aliphatic carbocycles. The Morgan fingerprint density at radius 3 is 1.73 bits per heavy atom. The maximum Gasteiger partial charge on any atom is 0.326 e. The van der Waals surface area contributed by atoms with E-state index in [2.05, 4.69) is 10.6 Å². The molecule has 15 nitrogen and oxygen atoms in total. The van der Waals surface area contributed by atoms with Gasteiger partial charge in [-0.3, -0.25) is 24.0 Å². The molecule has 0 aliphatic rings. The number of aliphatic carboxylic acids is 2. The number of rotatable bonds is 23. The number of hydrogen-bond acceptors (Lipinski definition) is 10. The first-order valence-electron chi connectivity index (χ1n) is 11.2. The second-order valence-corrected chi connectivity index (χ2v) is 7.30. The fourth-order valence-electron chi connectivity index (χ4n) is 2.40. The van der Waals surface area contributed by atoms with E-state index in [-0.39, 0.29) is 71.5 Å². The van der Waals surface area contributed by atoms with Crippen LogP contribution in [0.1, 0.15) is 33.6 Å². The van der Waals surface area contributed by atoms with E-state index >= 15 is 0 Å². The SMILES string of the molecule is C.CC(=O)COCCOCCNC(=O)COCCOCCNC(=O)CC[C@@H](NC(=O)CC(=O)O)C(=O)O. The van der Waals surface area contributed by atoms with E-state index < -0.39 is 36.2 Å². The van der Waals surface area contributed by atoms with Crippen molar-refractivity contribution < 1.29 is 57.9 Å². The van der Waals surface area contributed by atoms with Crippen molar-refractivity contribution in [2.75, 3.05) is 65.9 Å². The van der Waals surface area contributed by atoms with Gasteiger partial charge in [-0.05, 0) is 13.3 Å². The number of carboxylic acids is 2. The lowest BCUT2D eigenvalue weighted by Crippen LogP contribution is -2.42. The van der Waals surface area contributed by atoms with Crippen LogP contribution in [0.2, 0.25) is 0 Å². The van der Waals surface area contributed by atoms with Crippen molar-refractivity contribution in [3.05, 3.63) is 0 Å². The van der Waals surface area contributed by atoms with Crippen LogP contribution in [0.3, 0.4) is 0 Å². The molecule has 0 saturated carbocycles. The fraction of sp³-hybridized carbons (Fsp3) is 0.727. The van der Waals surface area contributed by atoms with Gasteiger partial charge >= 0.3 is 11.9 Å². The highest BCUT2D eigenvalue weighted by atomic mass is 16.5. The largest absolute Gasteiger partial charge is 0.481 e. The number of ketones is 1. The van der Waals surface area contributed by atoms with Gasteiger partial charge in [0.05, 0.1) is 39.6 Å². The molecule has 0 aromatic heterocycles. The van der Waals surface area contributed by atoms with Crippen LogP contribution in [0.5, 0.6) is 0 Å². The predicted molar refractivity (Wildman–Crippen MR) is 128 cm³/mol. The summed E-state index contributed by atoms with van der Waals surface area (Å²) in [5, 5.41) is 24.7. The minimum absolute atomic E-state index is 0. The molecule has 15 heteroatoms. The summed E-state index contributed by atoms with van der Waals surface area (Å²) in [7, 11) is 0. The van der Waals surface area contributed by atoms with Gasteiger partial charge in [-0.2, -0.15) is 0 Å². The normalized spacial score (nSPS) is 11.1. The Labute approximate surface area is 215 Å². The Hall–Kier alpha value is -3.14. The van der Waals surface area contributed by atoms with Crippen LogP contribution in [0.25, 0.3) is 0 Å². The molecule has 0 aromatic carbocycles. The summed E-state index contributed by atoms with van der Waals surface area (Å²) in [5.74, 6) is -4.57. The molecule has 0 bridgehead atoms. The molecule has 5 N–H and O–H groups in total. The van der Waals surface area contributed by atoms with Gasteiger partial charge in [-0.15, -0.1) is 0 Å². The minimum Gasteiger partial charge on any atom is -0.481 e. The summed E-state index contributed by atoms with van der Waals surface area (Å²) < 4.78 is 20.6. The van der Waals surface area contributed by atoms with E-state index in [0.29, 0.717) is 26.4 Å². The van der Waals surface area contributed by atoms with Crippen molar-refractivity contribution in [2.24, 2.45) is 0 Å². The second kappa shape index (κ2) is 23.3. The number of carboxylic acid groups (broad SMARTS) is 2. The molecule has 0 fully saturated rings. The number of nitrogens with one attached hydrogen (secondary N) is 3. The summed E-state index contributed by atoms with van der Waals surface area (Å²) >= 11 is 0. The number of carbonyl (C=O) groups is 6. The van der Waals surface area contributed by atoms with E-state index in [4.69, 9.17) is 29.2 Å². The molecule has 0 rings (SSSR count). The van der Waals surface area contributed by atoms with Crippen molar-refractivity contribution in [2.45, 2.75) is 39.7 Å². The first-order valence-corrected chi connectivity index (χ1v) is 11.2. The Bertz CT molecular complexity index is 717. The van der Waals surface area contributed by atoms with E-state index in [9.17, 15) is 28.8 Å². The molecule has 3 amide bonds. The highest BCUT2D eigenvalue weighted by Gasteiger charge is 2.22. The van der Waals surface area contributed by atoms with Crippen LogP contribution in [0, 0.1) is 0 Å². The van der Waals surface area contributed by atoms with Gasteiger partial charge in [0.15, 0.2) is 5.78 Å². The number of amides is 3. The number of carbonyl (C=O) groups excluding carboxylic acids is 4. The summed E-state index contributed by atoms with van der Waals surface area (Å²) in [6.45, 7) is 3.16. The highest BCUT2D eigenvalue weighted by Crippen LogP contribution is 1.99. The Kier molecular flexibility index (Phi) is 22.7. The zero-order valence-electron chi connectivity index (χ0n) is 20.2. The average molecular weight is 538 g/mol. The van der Waals surface area contributed by atoms with Crippen molar-refractivity contribution in [1.82, 2.24) is 16.0 Å². The molecule has 37 heavy (non-hydrogen) atoms. The molecule has 0 unspecified atom stereocenters. The summed E-state index contributed by atoms with van der Waals surface area (Å²) in [4.78, 5) is 67.0. The monoisotopic (exact) mass is 537 g/mol. The Balaban J connectivity index is 0. The maximum absolute atomic E-state index is 11.8. The molecular weight excluding hydrogens is 498 g/mol. The third-order valence-corrected chi connectivity index (χ3v) is 4.02. The molecule has 214 valence electrons. The lowest BCUT2D eigenvalue weighted by Gasteiger charge is -2.13. The molecule has 0 spiro atoms. The summed E-state index contributed by atoms with van der Waals surface area (Å²) in [6, 6.07) is -1.38. The van der Waals surface area contributed by atoms with Gasteiger partial charge in [-0.25, -0.2) is 4.79 Å². The van der Waals surface area contributed by atoms with Crippen molar-refractivity contribution in [3.63, 3.8) is 0 Å². The number of hydrogen-bond donors (Lipinski definition) is 5. The van der Waals surface area contributed by atoms with Crippen LogP contribution < -0.4 is 16.0 Å². The van der Waals surface area contributed by atoms with Gasteiger partial charge in [0, 0.05) is 19.5 Å². The van der Waals surface area contributed by atoms with Crippen molar-refractivity contribution >= 4 is 35.4 Å². The first-order chi connectivity index (χ1) is 17.1. The van der Waals surface area contributed by atoms with Crippen LogP contribution >= 0.6 is 0 Å². The van der Waals surface area contributed by atoms with Gasteiger partial charge in [0.2, 0.25) is 17.7 Å². The van der Waals surface area contributed by atoms with E-state index in [1.54, 1.807) is 0 Å². The molecule has 1 atom stereocenters. The van der Waals surface area contributed by atoms with E-state index in [0.717, 1.165) is 0 Å². The van der Waals surface area contributed by atoms with Gasteiger partial charge in [0.25, 0.3) is 0 Å².